The van der Waals surface area contributed by atoms with Gasteiger partial charge in [-0.25, -0.2) is 4.79 Å². The summed E-state index contributed by atoms with van der Waals surface area (Å²) in [5.74, 6) is 1.99. The highest BCUT2D eigenvalue weighted by atomic mass is 16.5. The summed E-state index contributed by atoms with van der Waals surface area (Å²) < 4.78 is 11.5. The molecule has 0 amide bonds. The molecule has 2 fully saturated rings. The number of ketones is 1. The van der Waals surface area contributed by atoms with E-state index in [0.29, 0.717) is 42.0 Å². The summed E-state index contributed by atoms with van der Waals surface area (Å²) in [6.45, 7) is 9.59. The molecule has 4 nitrogen and oxygen atoms in total. The predicted octanol–water partition coefficient (Wildman–Crippen LogP) is 5.23. The molecule has 2 saturated carbocycles. The average Bonchev–Trinajstić information content (AvgIpc) is 2.67. The minimum atomic E-state index is -0.358. The maximum atomic E-state index is 12.7. The minimum Gasteiger partial charge on any atom is -0.493 e. The van der Waals surface area contributed by atoms with Crippen molar-refractivity contribution in [2.45, 2.75) is 53.4 Å². The number of Topliss-reactive ketones (excluding diaryl/α,β-unsaturated/α-hetero) is 1. The third kappa shape index (κ3) is 3.07. The van der Waals surface area contributed by atoms with Crippen molar-refractivity contribution in [1.82, 2.24) is 0 Å². The fraction of sp³-hybridized carbons (Fsp3) is 0.583. The summed E-state index contributed by atoms with van der Waals surface area (Å²) in [7, 11) is 0. The highest BCUT2D eigenvalue weighted by Crippen LogP contribution is 2.60. The Morgan fingerprint density at radius 1 is 1.11 bits per heavy atom. The molecule has 0 radical (unpaired) electrons. The fourth-order valence-corrected chi connectivity index (χ4v) is 5.83. The van der Waals surface area contributed by atoms with Crippen molar-refractivity contribution in [1.29, 1.82) is 0 Å². The monoisotopic (exact) mass is 382 g/mol. The first-order valence-corrected chi connectivity index (χ1v) is 10.4. The largest absolute Gasteiger partial charge is 0.493 e. The van der Waals surface area contributed by atoms with Crippen molar-refractivity contribution >= 4 is 16.8 Å². The molecular formula is C24H30O4. The van der Waals surface area contributed by atoms with Crippen LogP contribution in [0.25, 0.3) is 11.0 Å². The number of ether oxygens (including phenoxy) is 1. The third-order valence-corrected chi connectivity index (χ3v) is 7.97. The number of fused-ring (bicyclic) bond motifs is 2. The minimum absolute atomic E-state index is 0.0382. The maximum Gasteiger partial charge on any atom is 0.336 e. The summed E-state index contributed by atoms with van der Waals surface area (Å²) in [4.78, 5) is 24.2. The molecule has 0 spiro atoms. The lowest BCUT2D eigenvalue weighted by Gasteiger charge is -2.58. The summed E-state index contributed by atoms with van der Waals surface area (Å²) in [6, 6.07) is 8.81. The van der Waals surface area contributed by atoms with Gasteiger partial charge in [0.15, 0.2) is 0 Å². The topological polar surface area (TPSA) is 56.5 Å². The molecule has 0 N–H and O–H groups in total. The highest BCUT2D eigenvalue weighted by Gasteiger charge is 2.56. The third-order valence-electron chi connectivity index (χ3n) is 7.97. The van der Waals surface area contributed by atoms with Crippen LogP contribution in [0.4, 0.5) is 0 Å². The van der Waals surface area contributed by atoms with Gasteiger partial charge in [0.05, 0.1) is 6.61 Å². The molecule has 4 rings (SSSR count). The van der Waals surface area contributed by atoms with Crippen molar-refractivity contribution in [3.05, 3.63) is 40.8 Å². The number of carbonyl (C=O) groups is 1. The van der Waals surface area contributed by atoms with E-state index in [1.54, 1.807) is 12.1 Å². The summed E-state index contributed by atoms with van der Waals surface area (Å²) in [5, 5.41) is 0.879. The zero-order valence-electron chi connectivity index (χ0n) is 17.3. The van der Waals surface area contributed by atoms with Gasteiger partial charge in [-0.15, -0.1) is 0 Å². The second-order valence-corrected chi connectivity index (χ2v) is 9.56. The van der Waals surface area contributed by atoms with Gasteiger partial charge in [-0.05, 0) is 48.3 Å². The molecule has 150 valence electrons. The Balaban J connectivity index is 1.58. The first-order chi connectivity index (χ1) is 13.2. The lowest BCUT2D eigenvalue weighted by atomic mass is 9.46. The van der Waals surface area contributed by atoms with Gasteiger partial charge in [-0.2, -0.15) is 0 Å². The van der Waals surface area contributed by atoms with Crippen LogP contribution >= 0.6 is 0 Å². The first kappa shape index (κ1) is 19.2. The number of hydrogen-bond donors (Lipinski definition) is 0. The molecule has 1 aromatic heterocycles. The Bertz CT molecular complexity index is 960. The Kier molecular flexibility index (Phi) is 4.64. The van der Waals surface area contributed by atoms with Crippen LogP contribution in [0, 0.1) is 28.6 Å². The molecule has 28 heavy (non-hydrogen) atoms. The van der Waals surface area contributed by atoms with E-state index in [1.807, 2.05) is 12.1 Å². The lowest BCUT2D eigenvalue weighted by Crippen LogP contribution is -2.55. The molecule has 0 aliphatic heterocycles. The zero-order valence-corrected chi connectivity index (χ0v) is 17.3. The molecule has 0 saturated heterocycles. The number of hydrogen-bond acceptors (Lipinski definition) is 4. The molecule has 2 aliphatic rings. The van der Waals surface area contributed by atoms with Crippen LogP contribution in [0.5, 0.6) is 5.75 Å². The van der Waals surface area contributed by atoms with Crippen molar-refractivity contribution < 1.29 is 13.9 Å². The van der Waals surface area contributed by atoms with E-state index in [4.69, 9.17) is 9.15 Å². The average molecular weight is 383 g/mol. The van der Waals surface area contributed by atoms with Crippen molar-refractivity contribution in [2.24, 2.45) is 28.6 Å². The molecule has 0 bridgehead atoms. The molecule has 5 unspecified atom stereocenters. The molecule has 1 heterocycles. The smallest absolute Gasteiger partial charge is 0.336 e. The van der Waals surface area contributed by atoms with Crippen LogP contribution in [0.2, 0.25) is 0 Å². The van der Waals surface area contributed by atoms with Gasteiger partial charge in [0.25, 0.3) is 0 Å². The van der Waals surface area contributed by atoms with Crippen LogP contribution in [0.3, 0.4) is 0 Å². The van der Waals surface area contributed by atoms with Crippen molar-refractivity contribution in [2.75, 3.05) is 6.61 Å². The van der Waals surface area contributed by atoms with Crippen LogP contribution in [0.15, 0.2) is 39.5 Å². The van der Waals surface area contributed by atoms with Gasteiger partial charge in [0.1, 0.15) is 17.1 Å². The quantitative estimate of drug-likeness (QED) is 0.682. The standard InChI is InChI=1S/C24H30O4/c1-15-16(2)24(4)11-5-10-23(3,21(24)13-19(15)25)14-27-18-8-6-17-7-9-22(26)28-20(17)12-18/h6-9,12,15-16,21H,5,10-11,13-14H2,1-4H3. The highest BCUT2D eigenvalue weighted by molar-refractivity contribution is 5.82. The van der Waals surface area contributed by atoms with Crippen molar-refractivity contribution in [3.63, 3.8) is 0 Å². The van der Waals surface area contributed by atoms with E-state index >= 15 is 0 Å². The first-order valence-electron chi connectivity index (χ1n) is 10.4. The van der Waals surface area contributed by atoms with Crippen molar-refractivity contribution in [3.8, 4) is 5.75 Å². The Morgan fingerprint density at radius 3 is 2.64 bits per heavy atom. The molecule has 4 heteroatoms. The van der Waals surface area contributed by atoms with Crippen LogP contribution < -0.4 is 10.4 Å². The van der Waals surface area contributed by atoms with E-state index in [0.717, 1.165) is 11.8 Å². The zero-order chi connectivity index (χ0) is 20.1. The second-order valence-electron chi connectivity index (χ2n) is 9.56. The van der Waals surface area contributed by atoms with E-state index in [-0.39, 0.29) is 22.4 Å². The van der Waals surface area contributed by atoms with E-state index < -0.39 is 0 Å². The van der Waals surface area contributed by atoms with Gasteiger partial charge < -0.3 is 9.15 Å². The van der Waals surface area contributed by atoms with Gasteiger partial charge >= 0.3 is 5.63 Å². The Morgan fingerprint density at radius 2 is 1.86 bits per heavy atom. The summed E-state index contributed by atoms with van der Waals surface area (Å²) in [5.41, 5.74) is 0.325. The summed E-state index contributed by atoms with van der Waals surface area (Å²) in [6.07, 6.45) is 4.09. The molecule has 1 aromatic carbocycles. The normalized spacial score (nSPS) is 35.6. The van der Waals surface area contributed by atoms with Gasteiger partial charge in [-0.1, -0.05) is 34.1 Å². The number of benzene rings is 1. The van der Waals surface area contributed by atoms with Gasteiger partial charge in [0, 0.05) is 35.3 Å². The number of rotatable bonds is 3. The Hall–Kier alpha value is -2.10. The summed E-state index contributed by atoms with van der Waals surface area (Å²) >= 11 is 0. The predicted molar refractivity (Wildman–Crippen MR) is 109 cm³/mol. The van der Waals surface area contributed by atoms with E-state index in [2.05, 4.69) is 27.7 Å². The van der Waals surface area contributed by atoms with Crippen LogP contribution in [0.1, 0.15) is 53.4 Å². The molecular weight excluding hydrogens is 352 g/mol. The Labute approximate surface area is 166 Å². The SMILES string of the molecule is CC1C(=O)CC2C(C)(COc3ccc4ccc(=O)oc4c3)CCCC2(C)C1C. The lowest BCUT2D eigenvalue weighted by molar-refractivity contribution is -0.150. The maximum absolute atomic E-state index is 12.7. The number of carbonyl (C=O) groups excluding carboxylic acids is 1. The van der Waals surface area contributed by atoms with E-state index in [9.17, 15) is 9.59 Å². The molecule has 2 aliphatic carbocycles. The van der Waals surface area contributed by atoms with Gasteiger partial charge in [0.2, 0.25) is 0 Å². The fourth-order valence-electron chi connectivity index (χ4n) is 5.83. The van der Waals surface area contributed by atoms with Crippen LogP contribution in [-0.2, 0) is 4.79 Å². The molecule has 5 atom stereocenters. The van der Waals surface area contributed by atoms with E-state index in [1.165, 1.54) is 18.9 Å². The van der Waals surface area contributed by atoms with Crippen LogP contribution in [-0.4, -0.2) is 12.4 Å². The molecule has 2 aromatic rings. The van der Waals surface area contributed by atoms with Gasteiger partial charge in [-0.3, -0.25) is 4.79 Å². The second kappa shape index (κ2) is 6.75.